The van der Waals surface area contributed by atoms with Crippen molar-refractivity contribution < 1.29 is 4.74 Å². The van der Waals surface area contributed by atoms with Gasteiger partial charge < -0.3 is 10.1 Å². The molecule has 2 rings (SSSR count). The SMILES string of the molecule is CC(NCCOc1ccc(Br)cc1)c1ccncc1. The number of benzene rings is 1. The molecule has 100 valence electrons. The minimum atomic E-state index is 0.302. The molecule has 0 aliphatic carbocycles. The lowest BCUT2D eigenvalue weighted by Gasteiger charge is -2.14. The van der Waals surface area contributed by atoms with E-state index in [0.29, 0.717) is 12.6 Å². The second kappa shape index (κ2) is 7.26. The highest BCUT2D eigenvalue weighted by Crippen LogP contribution is 2.16. The molecule has 0 spiro atoms. The van der Waals surface area contributed by atoms with E-state index in [1.54, 1.807) is 0 Å². The summed E-state index contributed by atoms with van der Waals surface area (Å²) in [5, 5.41) is 3.42. The summed E-state index contributed by atoms with van der Waals surface area (Å²) in [7, 11) is 0. The van der Waals surface area contributed by atoms with Gasteiger partial charge in [0.15, 0.2) is 0 Å². The van der Waals surface area contributed by atoms with Crippen molar-refractivity contribution in [3.8, 4) is 5.75 Å². The summed E-state index contributed by atoms with van der Waals surface area (Å²) in [5.41, 5.74) is 1.23. The molecule has 1 N–H and O–H groups in total. The van der Waals surface area contributed by atoms with Crippen molar-refractivity contribution in [2.75, 3.05) is 13.2 Å². The van der Waals surface area contributed by atoms with E-state index in [9.17, 15) is 0 Å². The van der Waals surface area contributed by atoms with Crippen LogP contribution in [0.1, 0.15) is 18.5 Å². The van der Waals surface area contributed by atoms with Crippen LogP contribution < -0.4 is 10.1 Å². The molecule has 1 atom stereocenters. The molecule has 1 unspecified atom stereocenters. The number of nitrogens with one attached hydrogen (secondary N) is 1. The highest BCUT2D eigenvalue weighted by atomic mass is 79.9. The van der Waals surface area contributed by atoms with Crippen LogP contribution in [-0.2, 0) is 0 Å². The van der Waals surface area contributed by atoms with Gasteiger partial charge in [-0.1, -0.05) is 15.9 Å². The second-order valence-electron chi connectivity index (χ2n) is 4.26. The van der Waals surface area contributed by atoms with Crippen molar-refractivity contribution in [2.24, 2.45) is 0 Å². The zero-order chi connectivity index (χ0) is 13.5. The summed E-state index contributed by atoms with van der Waals surface area (Å²) >= 11 is 3.40. The maximum Gasteiger partial charge on any atom is 0.119 e. The Morgan fingerprint density at radius 2 is 1.84 bits per heavy atom. The third kappa shape index (κ3) is 4.65. The Balaban J connectivity index is 1.71. The topological polar surface area (TPSA) is 34.1 Å². The van der Waals surface area contributed by atoms with Crippen molar-refractivity contribution in [3.05, 3.63) is 58.8 Å². The van der Waals surface area contributed by atoms with E-state index in [0.717, 1.165) is 16.8 Å². The predicted molar refractivity (Wildman–Crippen MR) is 80.3 cm³/mol. The molecule has 1 heterocycles. The molecule has 0 saturated carbocycles. The molecule has 2 aromatic rings. The maximum atomic E-state index is 5.65. The molecule has 19 heavy (non-hydrogen) atoms. The first-order valence-corrected chi connectivity index (χ1v) is 7.06. The zero-order valence-electron chi connectivity index (χ0n) is 10.8. The van der Waals surface area contributed by atoms with E-state index in [1.165, 1.54) is 5.56 Å². The van der Waals surface area contributed by atoms with Crippen molar-refractivity contribution in [1.82, 2.24) is 10.3 Å². The van der Waals surface area contributed by atoms with Crippen molar-refractivity contribution in [1.29, 1.82) is 0 Å². The van der Waals surface area contributed by atoms with Gasteiger partial charge >= 0.3 is 0 Å². The van der Waals surface area contributed by atoms with Crippen LogP contribution in [0.5, 0.6) is 5.75 Å². The van der Waals surface area contributed by atoms with Gasteiger partial charge in [-0.2, -0.15) is 0 Å². The first kappa shape index (κ1) is 14.0. The molecular weight excluding hydrogens is 304 g/mol. The van der Waals surface area contributed by atoms with E-state index in [-0.39, 0.29) is 0 Å². The Morgan fingerprint density at radius 1 is 1.16 bits per heavy atom. The first-order valence-electron chi connectivity index (χ1n) is 6.27. The van der Waals surface area contributed by atoms with Crippen LogP contribution in [0, 0.1) is 0 Å². The zero-order valence-corrected chi connectivity index (χ0v) is 12.4. The van der Waals surface area contributed by atoms with Crippen LogP contribution in [0.15, 0.2) is 53.3 Å². The molecule has 1 aromatic heterocycles. The molecule has 0 aliphatic rings. The van der Waals surface area contributed by atoms with E-state index < -0.39 is 0 Å². The summed E-state index contributed by atoms with van der Waals surface area (Å²) in [4.78, 5) is 4.01. The molecule has 0 fully saturated rings. The van der Waals surface area contributed by atoms with Crippen LogP contribution in [0.2, 0.25) is 0 Å². The van der Waals surface area contributed by atoms with Crippen molar-refractivity contribution in [2.45, 2.75) is 13.0 Å². The number of ether oxygens (including phenoxy) is 1. The Hall–Kier alpha value is -1.39. The fraction of sp³-hybridized carbons (Fsp3) is 0.267. The van der Waals surface area contributed by atoms with Gasteiger partial charge in [-0.05, 0) is 48.9 Å². The normalized spacial score (nSPS) is 12.1. The van der Waals surface area contributed by atoms with E-state index in [2.05, 4.69) is 33.2 Å². The Morgan fingerprint density at radius 3 is 2.53 bits per heavy atom. The molecule has 0 aliphatic heterocycles. The summed E-state index contributed by atoms with van der Waals surface area (Å²) in [5.74, 6) is 0.890. The minimum absolute atomic E-state index is 0.302. The monoisotopic (exact) mass is 320 g/mol. The highest BCUT2D eigenvalue weighted by Gasteiger charge is 2.03. The number of nitrogens with zero attached hydrogens (tertiary/aromatic N) is 1. The fourth-order valence-corrected chi connectivity index (χ4v) is 2.01. The van der Waals surface area contributed by atoms with Gasteiger partial charge in [-0.3, -0.25) is 4.98 Å². The number of rotatable bonds is 6. The minimum Gasteiger partial charge on any atom is -0.492 e. The standard InChI is InChI=1S/C15H17BrN2O/c1-12(13-6-8-17-9-7-13)18-10-11-19-15-4-2-14(16)3-5-15/h2-9,12,18H,10-11H2,1H3. The van der Waals surface area contributed by atoms with E-state index in [4.69, 9.17) is 4.74 Å². The number of pyridine rings is 1. The Bertz CT molecular complexity index is 487. The van der Waals surface area contributed by atoms with Crippen molar-refractivity contribution >= 4 is 15.9 Å². The van der Waals surface area contributed by atoms with Gasteiger partial charge in [0, 0.05) is 29.5 Å². The molecular formula is C15H17BrN2O. The van der Waals surface area contributed by atoms with E-state index >= 15 is 0 Å². The van der Waals surface area contributed by atoms with Gasteiger partial charge in [-0.25, -0.2) is 0 Å². The molecule has 0 bridgehead atoms. The van der Waals surface area contributed by atoms with Crippen LogP contribution in [0.4, 0.5) is 0 Å². The van der Waals surface area contributed by atoms with Crippen molar-refractivity contribution in [3.63, 3.8) is 0 Å². The summed E-state index contributed by atoms with van der Waals surface area (Å²) in [6.07, 6.45) is 3.62. The lowest BCUT2D eigenvalue weighted by atomic mass is 10.1. The smallest absolute Gasteiger partial charge is 0.119 e. The number of halogens is 1. The van der Waals surface area contributed by atoms with E-state index in [1.807, 2.05) is 48.8 Å². The summed E-state index contributed by atoms with van der Waals surface area (Å²) < 4.78 is 6.71. The predicted octanol–water partition coefficient (Wildman–Crippen LogP) is 3.57. The van der Waals surface area contributed by atoms with Crippen LogP contribution >= 0.6 is 15.9 Å². The van der Waals surface area contributed by atoms with Crippen LogP contribution in [0.25, 0.3) is 0 Å². The molecule has 3 nitrogen and oxygen atoms in total. The van der Waals surface area contributed by atoms with Gasteiger partial charge in [-0.15, -0.1) is 0 Å². The summed E-state index contributed by atoms with van der Waals surface area (Å²) in [6.45, 7) is 3.59. The second-order valence-corrected chi connectivity index (χ2v) is 5.17. The molecule has 0 radical (unpaired) electrons. The highest BCUT2D eigenvalue weighted by molar-refractivity contribution is 9.10. The number of aromatic nitrogens is 1. The van der Waals surface area contributed by atoms with Crippen LogP contribution in [0.3, 0.4) is 0 Å². The average Bonchev–Trinajstić information content (AvgIpc) is 2.46. The third-order valence-electron chi connectivity index (χ3n) is 2.84. The number of hydrogen-bond donors (Lipinski definition) is 1. The molecule has 0 amide bonds. The largest absolute Gasteiger partial charge is 0.492 e. The molecule has 4 heteroatoms. The Kier molecular flexibility index (Phi) is 5.36. The van der Waals surface area contributed by atoms with Gasteiger partial charge in [0.1, 0.15) is 12.4 Å². The molecule has 1 aromatic carbocycles. The fourth-order valence-electron chi connectivity index (χ4n) is 1.75. The lowest BCUT2D eigenvalue weighted by molar-refractivity contribution is 0.307. The third-order valence-corrected chi connectivity index (χ3v) is 3.37. The van der Waals surface area contributed by atoms with Crippen LogP contribution in [-0.4, -0.2) is 18.1 Å². The first-order chi connectivity index (χ1) is 9.25. The summed E-state index contributed by atoms with van der Waals surface area (Å²) in [6, 6.07) is 12.2. The quantitative estimate of drug-likeness (QED) is 0.826. The van der Waals surface area contributed by atoms with Gasteiger partial charge in [0.05, 0.1) is 0 Å². The average molecular weight is 321 g/mol. The molecule has 0 saturated heterocycles. The van der Waals surface area contributed by atoms with Gasteiger partial charge in [0.25, 0.3) is 0 Å². The Labute approximate surface area is 122 Å². The maximum absolute atomic E-state index is 5.65. The number of hydrogen-bond acceptors (Lipinski definition) is 3. The van der Waals surface area contributed by atoms with Gasteiger partial charge in [0.2, 0.25) is 0 Å². The lowest BCUT2D eigenvalue weighted by Crippen LogP contribution is -2.24.